The van der Waals surface area contributed by atoms with Gasteiger partial charge in [-0.25, -0.2) is 0 Å². The van der Waals surface area contributed by atoms with E-state index in [1.807, 2.05) is 24.3 Å². The van der Waals surface area contributed by atoms with Gasteiger partial charge in [0.05, 0.1) is 4.88 Å². The maximum Gasteiger partial charge on any atom is 0.154 e. The Morgan fingerprint density at radius 1 is 1.00 bits per heavy atom. The molecule has 17 heavy (non-hydrogen) atoms. The molecule has 3 rings (SSSR count). The van der Waals surface area contributed by atoms with Gasteiger partial charge in [0.2, 0.25) is 0 Å². The van der Waals surface area contributed by atoms with E-state index < -0.39 is 0 Å². The van der Waals surface area contributed by atoms with Crippen molar-refractivity contribution in [1.29, 1.82) is 0 Å². The normalized spacial score (nSPS) is 10.9. The number of thiophene rings is 1. The summed E-state index contributed by atoms with van der Waals surface area (Å²) in [5.74, 6) is 0.484. The van der Waals surface area contributed by atoms with E-state index >= 15 is 0 Å². The summed E-state index contributed by atoms with van der Waals surface area (Å²) in [7, 11) is 0. The highest BCUT2D eigenvalue weighted by Gasteiger charge is 2.10. The standard InChI is InChI=1S/C13H11N3S/c1-8-6-7-11(17-8)12-9-4-2-3-5-10(9)13(14)16-15-12/h2-7H,1H3,(H2,14,16). The number of nitrogens with two attached hydrogens (primary N) is 1. The highest BCUT2D eigenvalue weighted by molar-refractivity contribution is 7.15. The second kappa shape index (κ2) is 3.82. The first-order valence-electron chi connectivity index (χ1n) is 5.33. The van der Waals surface area contributed by atoms with Gasteiger partial charge in [0.15, 0.2) is 5.82 Å². The lowest BCUT2D eigenvalue weighted by Crippen LogP contribution is -1.96. The van der Waals surface area contributed by atoms with Gasteiger partial charge in [-0.2, -0.15) is 0 Å². The molecule has 0 aliphatic carbocycles. The highest BCUT2D eigenvalue weighted by atomic mass is 32.1. The number of rotatable bonds is 1. The second-order valence-electron chi connectivity index (χ2n) is 3.89. The number of nitrogen functional groups attached to an aromatic ring is 1. The van der Waals surface area contributed by atoms with E-state index in [4.69, 9.17) is 5.73 Å². The third-order valence-corrected chi connectivity index (χ3v) is 3.70. The van der Waals surface area contributed by atoms with Crippen molar-refractivity contribution < 1.29 is 0 Å². The van der Waals surface area contributed by atoms with E-state index in [1.165, 1.54) is 4.88 Å². The molecule has 2 N–H and O–H groups in total. The topological polar surface area (TPSA) is 51.8 Å². The lowest BCUT2D eigenvalue weighted by molar-refractivity contribution is 1.07. The molecular formula is C13H11N3S. The van der Waals surface area contributed by atoms with Gasteiger partial charge in [-0.15, -0.1) is 21.5 Å². The van der Waals surface area contributed by atoms with Crippen molar-refractivity contribution in [3.05, 3.63) is 41.3 Å². The minimum absolute atomic E-state index is 0.484. The third-order valence-electron chi connectivity index (χ3n) is 2.69. The minimum atomic E-state index is 0.484. The van der Waals surface area contributed by atoms with Crippen LogP contribution in [0, 0.1) is 6.92 Å². The molecule has 2 heterocycles. The lowest BCUT2D eigenvalue weighted by Gasteiger charge is -2.04. The van der Waals surface area contributed by atoms with Crippen LogP contribution in [0.4, 0.5) is 5.82 Å². The van der Waals surface area contributed by atoms with Gasteiger partial charge in [0, 0.05) is 15.6 Å². The number of hydrogen-bond acceptors (Lipinski definition) is 4. The Balaban J connectivity index is 2.34. The van der Waals surface area contributed by atoms with Crippen molar-refractivity contribution in [3.63, 3.8) is 0 Å². The Kier molecular flexibility index (Phi) is 2.30. The minimum Gasteiger partial charge on any atom is -0.382 e. The third kappa shape index (κ3) is 1.66. The van der Waals surface area contributed by atoms with Crippen LogP contribution in [0.25, 0.3) is 21.3 Å². The van der Waals surface area contributed by atoms with Crippen LogP contribution in [-0.2, 0) is 0 Å². The van der Waals surface area contributed by atoms with Crippen molar-refractivity contribution in [3.8, 4) is 10.6 Å². The number of benzene rings is 1. The average molecular weight is 241 g/mol. The van der Waals surface area contributed by atoms with E-state index in [0.717, 1.165) is 21.3 Å². The first-order valence-corrected chi connectivity index (χ1v) is 6.15. The SMILES string of the molecule is Cc1ccc(-c2nnc(N)c3ccccc23)s1. The molecule has 0 saturated carbocycles. The Bertz CT molecular complexity index is 688. The summed E-state index contributed by atoms with van der Waals surface area (Å²) in [5.41, 5.74) is 6.75. The Hall–Kier alpha value is -1.94. The van der Waals surface area contributed by atoms with Crippen LogP contribution in [0.5, 0.6) is 0 Å². The molecular weight excluding hydrogens is 230 g/mol. The molecule has 0 atom stereocenters. The van der Waals surface area contributed by atoms with Crippen LogP contribution >= 0.6 is 11.3 Å². The Morgan fingerprint density at radius 3 is 2.47 bits per heavy atom. The molecule has 3 aromatic rings. The molecule has 2 aromatic heterocycles. The van der Waals surface area contributed by atoms with Crippen LogP contribution in [0.3, 0.4) is 0 Å². The van der Waals surface area contributed by atoms with Gasteiger partial charge in [0.25, 0.3) is 0 Å². The molecule has 1 aromatic carbocycles. The summed E-state index contributed by atoms with van der Waals surface area (Å²) >= 11 is 1.72. The van der Waals surface area contributed by atoms with E-state index in [1.54, 1.807) is 11.3 Å². The number of aromatic nitrogens is 2. The predicted octanol–water partition coefficient (Wildman–Crippen LogP) is 3.25. The van der Waals surface area contributed by atoms with E-state index in [0.29, 0.717) is 5.82 Å². The molecule has 0 aliphatic rings. The van der Waals surface area contributed by atoms with Gasteiger partial charge in [-0.05, 0) is 19.1 Å². The largest absolute Gasteiger partial charge is 0.382 e. The summed E-state index contributed by atoms with van der Waals surface area (Å²) < 4.78 is 0. The molecule has 0 saturated heterocycles. The smallest absolute Gasteiger partial charge is 0.154 e. The summed E-state index contributed by atoms with van der Waals surface area (Å²) in [6.45, 7) is 2.08. The molecule has 0 spiro atoms. The monoisotopic (exact) mass is 241 g/mol. The summed E-state index contributed by atoms with van der Waals surface area (Å²) in [5, 5.41) is 10.3. The second-order valence-corrected chi connectivity index (χ2v) is 5.18. The van der Waals surface area contributed by atoms with Crippen LogP contribution < -0.4 is 5.73 Å². The first kappa shape index (κ1) is 10.2. The maximum absolute atomic E-state index is 5.84. The zero-order valence-corrected chi connectivity index (χ0v) is 10.2. The van der Waals surface area contributed by atoms with Crippen molar-refractivity contribution in [2.45, 2.75) is 6.92 Å². The number of anilines is 1. The van der Waals surface area contributed by atoms with Crippen LogP contribution in [0.2, 0.25) is 0 Å². The van der Waals surface area contributed by atoms with Gasteiger partial charge in [0.1, 0.15) is 5.69 Å². The molecule has 3 nitrogen and oxygen atoms in total. The molecule has 0 fully saturated rings. The molecule has 0 amide bonds. The Labute approximate surface area is 103 Å². The van der Waals surface area contributed by atoms with E-state index in [-0.39, 0.29) is 0 Å². The van der Waals surface area contributed by atoms with Crippen LogP contribution in [0.1, 0.15) is 4.88 Å². The molecule has 4 heteroatoms. The van der Waals surface area contributed by atoms with E-state index in [2.05, 4.69) is 29.3 Å². The van der Waals surface area contributed by atoms with Crippen molar-refractivity contribution in [1.82, 2.24) is 10.2 Å². The number of hydrogen-bond donors (Lipinski definition) is 1. The van der Waals surface area contributed by atoms with Crippen molar-refractivity contribution in [2.24, 2.45) is 0 Å². The van der Waals surface area contributed by atoms with E-state index in [9.17, 15) is 0 Å². The summed E-state index contributed by atoms with van der Waals surface area (Å²) in [6, 6.07) is 12.1. The zero-order valence-electron chi connectivity index (χ0n) is 9.34. The van der Waals surface area contributed by atoms with Gasteiger partial charge < -0.3 is 5.73 Å². The fourth-order valence-corrected chi connectivity index (χ4v) is 2.73. The summed E-state index contributed by atoms with van der Waals surface area (Å²) in [6.07, 6.45) is 0. The molecule has 0 unspecified atom stereocenters. The fraction of sp³-hybridized carbons (Fsp3) is 0.0769. The van der Waals surface area contributed by atoms with Gasteiger partial charge in [-0.1, -0.05) is 24.3 Å². The predicted molar refractivity (Wildman–Crippen MR) is 72.0 cm³/mol. The molecule has 0 radical (unpaired) electrons. The van der Waals surface area contributed by atoms with Crippen molar-refractivity contribution in [2.75, 3.05) is 5.73 Å². The quantitative estimate of drug-likeness (QED) is 0.711. The number of fused-ring (bicyclic) bond motifs is 1. The molecule has 84 valence electrons. The number of nitrogens with zero attached hydrogens (tertiary/aromatic N) is 2. The summed E-state index contributed by atoms with van der Waals surface area (Å²) in [4.78, 5) is 2.40. The molecule has 0 bridgehead atoms. The number of aryl methyl sites for hydroxylation is 1. The Morgan fingerprint density at radius 2 is 1.76 bits per heavy atom. The van der Waals surface area contributed by atoms with Crippen molar-refractivity contribution >= 4 is 27.9 Å². The highest BCUT2D eigenvalue weighted by Crippen LogP contribution is 2.32. The average Bonchev–Trinajstić information content (AvgIpc) is 2.77. The first-order chi connectivity index (χ1) is 8.25. The van der Waals surface area contributed by atoms with Gasteiger partial charge >= 0.3 is 0 Å². The molecule has 0 aliphatic heterocycles. The lowest BCUT2D eigenvalue weighted by atomic mass is 10.1. The maximum atomic E-state index is 5.84. The fourth-order valence-electron chi connectivity index (χ4n) is 1.87. The van der Waals surface area contributed by atoms with Gasteiger partial charge in [-0.3, -0.25) is 0 Å². The van der Waals surface area contributed by atoms with Crippen LogP contribution in [-0.4, -0.2) is 10.2 Å². The van der Waals surface area contributed by atoms with Crippen LogP contribution in [0.15, 0.2) is 36.4 Å². The zero-order chi connectivity index (χ0) is 11.8.